The van der Waals surface area contributed by atoms with Crippen molar-refractivity contribution in [3.8, 4) is 0 Å². The van der Waals surface area contributed by atoms with Crippen molar-refractivity contribution in [1.29, 1.82) is 0 Å². The van der Waals surface area contributed by atoms with E-state index in [1.807, 2.05) is 30.3 Å². The monoisotopic (exact) mass is 233 g/mol. The smallest absolute Gasteiger partial charge is 0.310 e. The van der Waals surface area contributed by atoms with Crippen LogP contribution >= 0.6 is 0 Å². The Morgan fingerprint density at radius 1 is 1.35 bits per heavy atom. The van der Waals surface area contributed by atoms with Gasteiger partial charge in [-0.2, -0.15) is 0 Å². The maximum absolute atomic E-state index is 11.9. The Morgan fingerprint density at radius 3 is 2.65 bits per heavy atom. The minimum Gasteiger partial charge on any atom is -0.461 e. The van der Waals surface area contributed by atoms with Crippen LogP contribution in [0.15, 0.2) is 30.3 Å². The van der Waals surface area contributed by atoms with Crippen molar-refractivity contribution >= 4 is 5.97 Å². The summed E-state index contributed by atoms with van der Waals surface area (Å²) >= 11 is 0. The van der Waals surface area contributed by atoms with Crippen molar-refractivity contribution < 1.29 is 9.53 Å². The first kappa shape index (κ1) is 12.1. The Bertz CT molecular complexity index is 377. The zero-order valence-electron chi connectivity index (χ0n) is 10.1. The molecule has 3 heteroatoms. The van der Waals surface area contributed by atoms with Gasteiger partial charge in [0.05, 0.1) is 5.92 Å². The first-order valence-corrected chi connectivity index (χ1v) is 6.14. The molecule has 0 heterocycles. The summed E-state index contributed by atoms with van der Waals surface area (Å²) in [5.41, 5.74) is 7.01. The molecule has 1 aliphatic carbocycles. The van der Waals surface area contributed by atoms with Crippen LogP contribution in [0.25, 0.3) is 0 Å². The van der Waals surface area contributed by atoms with Crippen LogP contribution in [0.4, 0.5) is 0 Å². The lowest BCUT2D eigenvalue weighted by Crippen LogP contribution is -2.35. The Labute approximate surface area is 102 Å². The number of carbonyl (C=O) groups is 1. The molecule has 1 aromatic carbocycles. The van der Waals surface area contributed by atoms with Crippen molar-refractivity contribution in [2.75, 3.05) is 0 Å². The van der Waals surface area contributed by atoms with Gasteiger partial charge in [-0.05, 0) is 24.3 Å². The van der Waals surface area contributed by atoms with Gasteiger partial charge in [0.15, 0.2) is 0 Å². The van der Waals surface area contributed by atoms with Crippen LogP contribution in [0.5, 0.6) is 0 Å². The lowest BCUT2D eigenvalue weighted by Gasteiger charge is -2.16. The van der Waals surface area contributed by atoms with Crippen LogP contribution in [0.1, 0.15) is 25.3 Å². The molecule has 17 heavy (non-hydrogen) atoms. The summed E-state index contributed by atoms with van der Waals surface area (Å²) in [4.78, 5) is 11.9. The van der Waals surface area contributed by atoms with Crippen LogP contribution in [-0.4, -0.2) is 12.0 Å². The second-order valence-corrected chi connectivity index (χ2v) is 4.83. The lowest BCUT2D eigenvalue weighted by atomic mass is 10.0. The van der Waals surface area contributed by atoms with Crippen molar-refractivity contribution in [1.82, 2.24) is 0 Å². The number of benzene rings is 1. The van der Waals surface area contributed by atoms with Crippen LogP contribution in [0.3, 0.4) is 0 Å². The van der Waals surface area contributed by atoms with E-state index in [0.717, 1.165) is 18.4 Å². The van der Waals surface area contributed by atoms with Crippen LogP contribution in [0.2, 0.25) is 0 Å². The van der Waals surface area contributed by atoms with E-state index in [1.54, 1.807) is 0 Å². The minimum absolute atomic E-state index is 0.0433. The number of nitrogens with two attached hydrogens (primary N) is 1. The quantitative estimate of drug-likeness (QED) is 0.813. The molecule has 3 nitrogen and oxygen atoms in total. The average Bonchev–Trinajstić information content (AvgIpc) is 2.69. The molecule has 0 amide bonds. The average molecular weight is 233 g/mol. The van der Waals surface area contributed by atoms with Gasteiger partial charge in [0.2, 0.25) is 0 Å². The SMILES string of the molecule is CC1CCC(C(=O)OCc2ccccc2)C1N. The molecule has 1 aliphatic rings. The molecule has 2 N–H and O–H groups in total. The summed E-state index contributed by atoms with van der Waals surface area (Å²) in [7, 11) is 0. The first-order chi connectivity index (χ1) is 8.18. The first-order valence-electron chi connectivity index (χ1n) is 6.14. The van der Waals surface area contributed by atoms with Gasteiger partial charge in [-0.25, -0.2) is 0 Å². The number of ether oxygens (including phenoxy) is 1. The second-order valence-electron chi connectivity index (χ2n) is 4.83. The van der Waals surface area contributed by atoms with Gasteiger partial charge in [-0.1, -0.05) is 37.3 Å². The Hall–Kier alpha value is -1.35. The number of carbonyl (C=O) groups excluding carboxylic acids is 1. The van der Waals surface area contributed by atoms with Crippen LogP contribution in [0, 0.1) is 11.8 Å². The molecular weight excluding hydrogens is 214 g/mol. The largest absolute Gasteiger partial charge is 0.461 e. The summed E-state index contributed by atoms with van der Waals surface area (Å²) < 4.78 is 5.31. The van der Waals surface area contributed by atoms with Crippen LogP contribution in [-0.2, 0) is 16.1 Å². The summed E-state index contributed by atoms with van der Waals surface area (Å²) in [5, 5.41) is 0. The van der Waals surface area contributed by atoms with E-state index in [4.69, 9.17) is 10.5 Å². The fourth-order valence-corrected chi connectivity index (χ4v) is 2.33. The molecule has 0 aromatic heterocycles. The highest BCUT2D eigenvalue weighted by atomic mass is 16.5. The molecule has 2 rings (SSSR count). The van der Waals surface area contributed by atoms with Gasteiger partial charge in [-0.15, -0.1) is 0 Å². The molecule has 1 saturated carbocycles. The van der Waals surface area contributed by atoms with Crippen molar-refractivity contribution in [3.63, 3.8) is 0 Å². The molecule has 0 aliphatic heterocycles. The summed E-state index contributed by atoms with van der Waals surface area (Å²) in [5.74, 6) is 0.156. The van der Waals surface area contributed by atoms with Crippen molar-refractivity contribution in [2.24, 2.45) is 17.6 Å². The number of esters is 1. The molecule has 0 saturated heterocycles. The van der Waals surface area contributed by atoms with E-state index in [0.29, 0.717) is 12.5 Å². The van der Waals surface area contributed by atoms with Gasteiger partial charge < -0.3 is 10.5 Å². The van der Waals surface area contributed by atoms with Gasteiger partial charge in [0.1, 0.15) is 6.61 Å². The predicted octanol–water partition coefficient (Wildman–Crippen LogP) is 2.10. The maximum atomic E-state index is 11.9. The van der Waals surface area contributed by atoms with E-state index in [9.17, 15) is 4.79 Å². The Balaban J connectivity index is 1.86. The highest BCUT2D eigenvalue weighted by Gasteiger charge is 2.36. The topological polar surface area (TPSA) is 52.3 Å². The summed E-state index contributed by atoms with van der Waals surface area (Å²) in [6, 6.07) is 9.67. The third kappa shape index (κ3) is 2.86. The third-order valence-electron chi connectivity index (χ3n) is 3.58. The third-order valence-corrected chi connectivity index (χ3v) is 3.58. The molecule has 1 fully saturated rings. The Morgan fingerprint density at radius 2 is 2.06 bits per heavy atom. The van der Waals surface area contributed by atoms with E-state index in [-0.39, 0.29) is 17.9 Å². The Kier molecular flexibility index (Phi) is 3.79. The lowest BCUT2D eigenvalue weighted by molar-refractivity contribution is -0.150. The van der Waals surface area contributed by atoms with Gasteiger partial charge >= 0.3 is 5.97 Å². The maximum Gasteiger partial charge on any atom is 0.310 e. The fourth-order valence-electron chi connectivity index (χ4n) is 2.33. The molecule has 0 bridgehead atoms. The standard InChI is InChI=1S/C14H19NO2/c1-10-7-8-12(13(10)15)14(16)17-9-11-5-3-2-4-6-11/h2-6,10,12-13H,7-9,15H2,1H3. The van der Waals surface area contributed by atoms with Gasteiger partial charge in [0, 0.05) is 6.04 Å². The van der Waals surface area contributed by atoms with Crippen LogP contribution < -0.4 is 5.73 Å². The van der Waals surface area contributed by atoms with E-state index in [2.05, 4.69) is 6.92 Å². The van der Waals surface area contributed by atoms with Crippen molar-refractivity contribution in [2.45, 2.75) is 32.4 Å². The number of hydrogen-bond donors (Lipinski definition) is 1. The predicted molar refractivity (Wildman–Crippen MR) is 66.1 cm³/mol. The highest BCUT2D eigenvalue weighted by molar-refractivity contribution is 5.73. The number of rotatable bonds is 3. The number of hydrogen-bond acceptors (Lipinski definition) is 3. The van der Waals surface area contributed by atoms with E-state index in [1.165, 1.54) is 0 Å². The molecule has 3 unspecified atom stereocenters. The van der Waals surface area contributed by atoms with Gasteiger partial charge in [-0.3, -0.25) is 4.79 Å². The molecule has 3 atom stereocenters. The highest BCUT2D eigenvalue weighted by Crippen LogP contribution is 2.30. The normalized spacial score (nSPS) is 28.0. The molecule has 0 radical (unpaired) electrons. The molecule has 0 spiro atoms. The fraction of sp³-hybridized carbons (Fsp3) is 0.500. The molecule has 1 aromatic rings. The molecule has 92 valence electrons. The minimum atomic E-state index is -0.147. The van der Waals surface area contributed by atoms with E-state index < -0.39 is 0 Å². The zero-order chi connectivity index (χ0) is 12.3. The van der Waals surface area contributed by atoms with Gasteiger partial charge in [0.25, 0.3) is 0 Å². The molecular formula is C14H19NO2. The second kappa shape index (κ2) is 5.32. The summed E-state index contributed by atoms with van der Waals surface area (Å²) in [6.45, 7) is 2.44. The van der Waals surface area contributed by atoms with Crippen molar-refractivity contribution in [3.05, 3.63) is 35.9 Å². The van der Waals surface area contributed by atoms with E-state index >= 15 is 0 Å². The summed E-state index contributed by atoms with van der Waals surface area (Å²) in [6.07, 6.45) is 1.88. The zero-order valence-corrected chi connectivity index (χ0v) is 10.1.